The van der Waals surface area contributed by atoms with Crippen LogP contribution in [0.3, 0.4) is 0 Å². The number of nitrogens with zero attached hydrogens (tertiary/aromatic N) is 2. The van der Waals surface area contributed by atoms with E-state index >= 15 is 0 Å². The van der Waals surface area contributed by atoms with Crippen LogP contribution >= 0.6 is 11.3 Å². The fraction of sp³-hybridized carbons (Fsp3) is 0.278. The molecule has 2 atom stereocenters. The van der Waals surface area contributed by atoms with Gasteiger partial charge in [-0.1, -0.05) is 17.4 Å². The Hall–Kier alpha value is -2.38. The highest BCUT2D eigenvalue weighted by Gasteiger charge is 2.43. The van der Waals surface area contributed by atoms with Crippen LogP contribution < -0.4 is 5.32 Å². The summed E-state index contributed by atoms with van der Waals surface area (Å²) in [5.41, 5.74) is 4.43. The van der Waals surface area contributed by atoms with Crippen molar-refractivity contribution in [1.82, 2.24) is 9.97 Å². The normalized spacial score (nSPS) is 19.2. The van der Waals surface area contributed by atoms with Crippen molar-refractivity contribution in [1.29, 1.82) is 0 Å². The zero-order valence-electron chi connectivity index (χ0n) is 13.5. The van der Waals surface area contributed by atoms with E-state index in [0.29, 0.717) is 17.2 Å². The van der Waals surface area contributed by atoms with Crippen molar-refractivity contribution in [3.8, 4) is 11.1 Å². The number of aryl methyl sites for hydroxylation is 1. The van der Waals surface area contributed by atoms with Gasteiger partial charge in [0.2, 0.25) is 5.91 Å². The van der Waals surface area contributed by atoms with Gasteiger partial charge >= 0.3 is 0 Å². The number of halogens is 1. The third kappa shape index (κ3) is 3.12. The molecule has 3 aromatic rings. The molecule has 0 bridgehead atoms. The number of fused-ring (bicyclic) bond motifs is 1. The Morgan fingerprint density at radius 2 is 2.24 bits per heavy atom. The van der Waals surface area contributed by atoms with E-state index in [4.69, 9.17) is 0 Å². The van der Waals surface area contributed by atoms with Crippen molar-refractivity contribution in [2.45, 2.75) is 26.1 Å². The molecule has 128 valence electrons. The first-order valence-electron chi connectivity index (χ1n) is 7.97. The lowest BCUT2D eigenvalue weighted by Gasteiger charge is -2.07. The Balaban J connectivity index is 1.63. The molecule has 5 nitrogen and oxygen atoms in total. The van der Waals surface area contributed by atoms with Crippen LogP contribution in [-0.2, 0) is 11.4 Å². The van der Waals surface area contributed by atoms with Gasteiger partial charge in [-0.05, 0) is 42.7 Å². The van der Waals surface area contributed by atoms with Gasteiger partial charge in [0.25, 0.3) is 0 Å². The van der Waals surface area contributed by atoms with Crippen molar-refractivity contribution < 1.29 is 14.3 Å². The molecule has 1 aliphatic carbocycles. The van der Waals surface area contributed by atoms with Crippen molar-refractivity contribution in [3.05, 3.63) is 41.7 Å². The predicted octanol–water partition coefficient (Wildman–Crippen LogP) is 3.46. The standard InChI is InChI=1S/C18H16FN3O2S/c1-9-4-11(8-23)20-7-13(9)10-2-3-15-16(5-10)25-18(21-15)22-17(24)12-6-14(12)19/h2-5,7,12,14,23H,6,8H2,1H3,(H,21,22,24). The van der Waals surface area contributed by atoms with E-state index in [-0.39, 0.29) is 12.5 Å². The minimum atomic E-state index is -1.02. The molecule has 1 fully saturated rings. The van der Waals surface area contributed by atoms with Crippen LogP contribution in [-0.4, -0.2) is 27.2 Å². The summed E-state index contributed by atoms with van der Waals surface area (Å²) >= 11 is 1.37. The zero-order valence-corrected chi connectivity index (χ0v) is 14.3. The number of alkyl halides is 1. The summed E-state index contributed by atoms with van der Waals surface area (Å²) in [5.74, 6) is -0.826. The number of thiazole rings is 1. The van der Waals surface area contributed by atoms with Gasteiger partial charge in [-0.25, -0.2) is 9.37 Å². The molecule has 1 aromatic carbocycles. The molecule has 0 saturated heterocycles. The monoisotopic (exact) mass is 357 g/mol. The summed E-state index contributed by atoms with van der Waals surface area (Å²) in [7, 11) is 0. The van der Waals surface area contributed by atoms with E-state index in [1.54, 1.807) is 6.20 Å². The summed E-state index contributed by atoms with van der Waals surface area (Å²) in [5, 5.41) is 12.4. The fourth-order valence-corrected chi connectivity index (χ4v) is 3.69. The predicted molar refractivity (Wildman–Crippen MR) is 95.1 cm³/mol. The number of aliphatic hydroxyl groups is 1. The zero-order chi connectivity index (χ0) is 17.6. The Morgan fingerprint density at radius 1 is 1.44 bits per heavy atom. The molecule has 2 heterocycles. The molecule has 1 saturated carbocycles. The number of rotatable bonds is 4. The first-order chi connectivity index (χ1) is 12.0. The fourth-order valence-electron chi connectivity index (χ4n) is 2.78. The van der Waals surface area contributed by atoms with Crippen LogP contribution in [0.2, 0.25) is 0 Å². The number of anilines is 1. The number of carbonyl (C=O) groups is 1. The lowest BCUT2D eigenvalue weighted by molar-refractivity contribution is -0.117. The molecular formula is C18H16FN3O2S. The van der Waals surface area contributed by atoms with Gasteiger partial charge in [0, 0.05) is 11.8 Å². The van der Waals surface area contributed by atoms with Crippen LogP contribution in [0.5, 0.6) is 0 Å². The first kappa shape index (κ1) is 16.1. The van der Waals surface area contributed by atoms with E-state index in [1.165, 1.54) is 11.3 Å². The highest BCUT2D eigenvalue weighted by atomic mass is 32.1. The number of nitrogens with one attached hydrogen (secondary N) is 1. The number of hydrogen-bond acceptors (Lipinski definition) is 5. The van der Waals surface area contributed by atoms with Gasteiger partial charge in [-0.3, -0.25) is 9.78 Å². The minimum Gasteiger partial charge on any atom is -0.390 e. The topological polar surface area (TPSA) is 75.1 Å². The molecule has 7 heteroatoms. The summed E-state index contributed by atoms with van der Waals surface area (Å²) in [6.45, 7) is 1.89. The number of aliphatic hydroxyl groups excluding tert-OH is 1. The highest BCUT2D eigenvalue weighted by molar-refractivity contribution is 7.22. The van der Waals surface area contributed by atoms with Gasteiger partial charge in [-0.2, -0.15) is 0 Å². The molecular weight excluding hydrogens is 341 g/mol. The van der Waals surface area contributed by atoms with Crippen molar-refractivity contribution >= 4 is 32.6 Å². The van der Waals surface area contributed by atoms with E-state index in [1.807, 2.05) is 31.2 Å². The largest absolute Gasteiger partial charge is 0.390 e. The van der Waals surface area contributed by atoms with Gasteiger partial charge < -0.3 is 10.4 Å². The molecule has 1 amide bonds. The first-order valence-corrected chi connectivity index (χ1v) is 8.79. The smallest absolute Gasteiger partial charge is 0.232 e. The second-order valence-corrected chi connectivity index (χ2v) is 7.23. The lowest BCUT2D eigenvalue weighted by Crippen LogP contribution is -2.14. The maximum Gasteiger partial charge on any atom is 0.232 e. The van der Waals surface area contributed by atoms with Crippen LogP contribution in [0.15, 0.2) is 30.5 Å². The Morgan fingerprint density at radius 3 is 2.92 bits per heavy atom. The SMILES string of the molecule is Cc1cc(CO)ncc1-c1ccc2nc(NC(=O)C3CC3F)sc2c1. The highest BCUT2D eigenvalue weighted by Crippen LogP contribution is 2.36. The average Bonchev–Trinajstić information content (AvgIpc) is 3.20. The van der Waals surface area contributed by atoms with E-state index in [9.17, 15) is 14.3 Å². The quantitative estimate of drug-likeness (QED) is 0.750. The maximum absolute atomic E-state index is 13.0. The maximum atomic E-state index is 13.0. The van der Waals surface area contributed by atoms with Crippen LogP contribution in [0, 0.1) is 12.8 Å². The molecule has 2 N–H and O–H groups in total. The third-order valence-electron chi connectivity index (χ3n) is 4.31. The number of benzene rings is 1. The summed E-state index contributed by atoms with van der Waals surface area (Å²) in [4.78, 5) is 20.5. The minimum absolute atomic E-state index is 0.0845. The van der Waals surface area contributed by atoms with E-state index in [2.05, 4.69) is 15.3 Å². The van der Waals surface area contributed by atoms with Gasteiger partial charge in [0.1, 0.15) is 6.17 Å². The van der Waals surface area contributed by atoms with Crippen LogP contribution in [0.4, 0.5) is 9.52 Å². The second kappa shape index (κ2) is 6.16. The number of aromatic nitrogens is 2. The molecule has 1 aliphatic rings. The number of pyridine rings is 1. The Kier molecular flexibility index (Phi) is 3.97. The summed E-state index contributed by atoms with van der Waals surface area (Å²) in [6, 6.07) is 7.71. The molecule has 0 radical (unpaired) electrons. The number of amides is 1. The number of carbonyl (C=O) groups excluding carboxylic acids is 1. The second-order valence-electron chi connectivity index (χ2n) is 6.20. The summed E-state index contributed by atoms with van der Waals surface area (Å²) in [6.07, 6.45) is 1.04. The van der Waals surface area contributed by atoms with Crippen LogP contribution in [0.1, 0.15) is 17.7 Å². The summed E-state index contributed by atoms with van der Waals surface area (Å²) < 4.78 is 13.9. The van der Waals surface area contributed by atoms with Gasteiger partial charge in [0.15, 0.2) is 5.13 Å². The van der Waals surface area contributed by atoms with Crippen molar-refractivity contribution in [2.24, 2.45) is 5.92 Å². The van der Waals surface area contributed by atoms with E-state index in [0.717, 1.165) is 26.9 Å². The van der Waals surface area contributed by atoms with Gasteiger partial charge in [-0.15, -0.1) is 0 Å². The third-order valence-corrected chi connectivity index (χ3v) is 5.24. The van der Waals surface area contributed by atoms with Gasteiger partial charge in [0.05, 0.1) is 28.4 Å². The molecule has 2 unspecified atom stereocenters. The Labute approximate surface area is 147 Å². The van der Waals surface area contributed by atoms with Crippen molar-refractivity contribution in [3.63, 3.8) is 0 Å². The molecule has 0 aliphatic heterocycles. The van der Waals surface area contributed by atoms with E-state index < -0.39 is 12.1 Å². The van der Waals surface area contributed by atoms with Crippen molar-refractivity contribution in [2.75, 3.05) is 5.32 Å². The average molecular weight is 357 g/mol. The lowest BCUT2D eigenvalue weighted by atomic mass is 10.0. The Bertz CT molecular complexity index is 972. The molecule has 25 heavy (non-hydrogen) atoms. The molecule has 4 rings (SSSR count). The molecule has 2 aromatic heterocycles. The number of hydrogen-bond donors (Lipinski definition) is 2. The van der Waals surface area contributed by atoms with Crippen LogP contribution in [0.25, 0.3) is 21.3 Å². The molecule has 0 spiro atoms.